The molecule has 1 aliphatic heterocycles. The third-order valence-electron chi connectivity index (χ3n) is 2.30. The van der Waals surface area contributed by atoms with E-state index in [1.807, 2.05) is 18.2 Å². The van der Waals surface area contributed by atoms with Crippen molar-refractivity contribution in [1.29, 1.82) is 0 Å². The molecule has 1 aromatic carbocycles. The Hall–Kier alpha value is -0.900. The van der Waals surface area contributed by atoms with Gasteiger partial charge in [0.2, 0.25) is 0 Å². The molecule has 4 heteroatoms. The van der Waals surface area contributed by atoms with E-state index in [-0.39, 0.29) is 0 Å². The Balaban J connectivity index is 2.36. The van der Waals surface area contributed by atoms with Gasteiger partial charge in [-0.3, -0.25) is 5.01 Å². The zero-order valence-corrected chi connectivity index (χ0v) is 8.62. The van der Waals surface area contributed by atoms with E-state index < -0.39 is 0 Å². The van der Waals surface area contributed by atoms with Crippen LogP contribution < -0.4 is 0 Å². The van der Waals surface area contributed by atoms with E-state index in [1.165, 1.54) is 11.1 Å². The van der Waals surface area contributed by atoms with E-state index in [9.17, 15) is 4.91 Å². The number of hydrogen-bond acceptors (Lipinski definition) is 2. The average molecular weight is 241 g/mol. The summed E-state index contributed by atoms with van der Waals surface area (Å²) in [7, 11) is 0. The first kappa shape index (κ1) is 8.69. The van der Waals surface area contributed by atoms with Crippen LogP contribution in [-0.2, 0) is 13.0 Å². The first-order valence-corrected chi connectivity index (χ1v) is 4.95. The molecule has 1 aromatic rings. The number of nitroso groups, excluding NO2 is 1. The van der Waals surface area contributed by atoms with Gasteiger partial charge in [0, 0.05) is 11.0 Å². The van der Waals surface area contributed by atoms with E-state index in [0.717, 1.165) is 17.4 Å². The standard InChI is InChI=1S/C9H9BrN2O/c10-9-3-1-2-7-6-12(11-13)5-4-8(7)9/h1-3H,4-6H2. The summed E-state index contributed by atoms with van der Waals surface area (Å²) in [6, 6.07) is 6.05. The quantitative estimate of drug-likeness (QED) is 0.707. The van der Waals surface area contributed by atoms with E-state index >= 15 is 0 Å². The molecule has 2 rings (SSSR count). The third kappa shape index (κ3) is 1.58. The normalized spacial score (nSPS) is 15.3. The van der Waals surface area contributed by atoms with Gasteiger partial charge in [-0.05, 0) is 23.6 Å². The van der Waals surface area contributed by atoms with Crippen LogP contribution in [0.3, 0.4) is 0 Å². The second-order valence-corrected chi connectivity index (χ2v) is 3.95. The Bertz CT molecular complexity index is 340. The van der Waals surface area contributed by atoms with Crippen molar-refractivity contribution in [3.8, 4) is 0 Å². The van der Waals surface area contributed by atoms with Crippen LogP contribution in [-0.4, -0.2) is 11.6 Å². The van der Waals surface area contributed by atoms with Crippen LogP contribution in [0.25, 0.3) is 0 Å². The third-order valence-corrected chi connectivity index (χ3v) is 3.05. The van der Waals surface area contributed by atoms with Crippen molar-refractivity contribution in [2.45, 2.75) is 13.0 Å². The Morgan fingerprint density at radius 2 is 2.31 bits per heavy atom. The van der Waals surface area contributed by atoms with Crippen LogP contribution in [0.1, 0.15) is 11.1 Å². The van der Waals surface area contributed by atoms with Gasteiger partial charge in [-0.2, -0.15) is 0 Å². The molecule has 0 spiro atoms. The van der Waals surface area contributed by atoms with E-state index in [1.54, 1.807) is 5.01 Å². The Kier molecular flexibility index (Phi) is 2.31. The molecule has 1 heterocycles. The Morgan fingerprint density at radius 1 is 1.46 bits per heavy atom. The van der Waals surface area contributed by atoms with E-state index in [4.69, 9.17) is 0 Å². The highest BCUT2D eigenvalue weighted by Gasteiger charge is 2.16. The van der Waals surface area contributed by atoms with Gasteiger partial charge in [0.25, 0.3) is 0 Å². The molecule has 0 amide bonds. The molecule has 1 aliphatic rings. The first-order chi connectivity index (χ1) is 6.31. The molecule has 0 bridgehead atoms. The number of rotatable bonds is 1. The van der Waals surface area contributed by atoms with Crippen LogP contribution in [0.15, 0.2) is 28.0 Å². The fourth-order valence-electron chi connectivity index (χ4n) is 1.62. The van der Waals surface area contributed by atoms with Crippen molar-refractivity contribution >= 4 is 15.9 Å². The largest absolute Gasteiger partial charge is 0.256 e. The summed E-state index contributed by atoms with van der Waals surface area (Å²) < 4.78 is 1.13. The minimum absolute atomic E-state index is 0.637. The molecule has 0 radical (unpaired) electrons. The van der Waals surface area contributed by atoms with Crippen LogP contribution in [0.4, 0.5) is 0 Å². The molecule has 3 nitrogen and oxygen atoms in total. The van der Waals surface area contributed by atoms with Crippen molar-refractivity contribution in [3.05, 3.63) is 38.7 Å². The van der Waals surface area contributed by atoms with Crippen LogP contribution >= 0.6 is 15.9 Å². The van der Waals surface area contributed by atoms with Gasteiger partial charge in [-0.1, -0.05) is 28.1 Å². The highest BCUT2D eigenvalue weighted by molar-refractivity contribution is 9.10. The lowest BCUT2D eigenvalue weighted by Crippen LogP contribution is -2.25. The number of hydrogen-bond donors (Lipinski definition) is 0. The predicted molar refractivity (Wildman–Crippen MR) is 54.1 cm³/mol. The van der Waals surface area contributed by atoms with Crippen molar-refractivity contribution in [1.82, 2.24) is 5.01 Å². The molecule has 0 unspecified atom stereocenters. The van der Waals surface area contributed by atoms with Gasteiger partial charge in [0.05, 0.1) is 11.8 Å². The van der Waals surface area contributed by atoms with Gasteiger partial charge in [0.15, 0.2) is 0 Å². The minimum Gasteiger partial charge on any atom is -0.256 e. The average Bonchev–Trinajstić information content (AvgIpc) is 2.18. The van der Waals surface area contributed by atoms with Gasteiger partial charge < -0.3 is 0 Å². The predicted octanol–water partition coefficient (Wildman–Crippen LogP) is 2.49. The van der Waals surface area contributed by atoms with Gasteiger partial charge in [-0.15, -0.1) is 4.91 Å². The van der Waals surface area contributed by atoms with E-state index in [0.29, 0.717) is 6.54 Å². The summed E-state index contributed by atoms with van der Waals surface area (Å²) in [4.78, 5) is 10.3. The number of nitrogens with zero attached hydrogens (tertiary/aromatic N) is 2. The second-order valence-electron chi connectivity index (χ2n) is 3.10. The van der Waals surface area contributed by atoms with Crippen LogP contribution in [0.2, 0.25) is 0 Å². The lowest BCUT2D eigenvalue weighted by Gasteiger charge is -2.24. The number of halogens is 1. The Morgan fingerprint density at radius 3 is 3.08 bits per heavy atom. The maximum atomic E-state index is 10.3. The molecule has 0 saturated carbocycles. The first-order valence-electron chi connectivity index (χ1n) is 4.16. The second kappa shape index (κ2) is 3.46. The summed E-state index contributed by atoms with van der Waals surface area (Å²) in [5, 5.41) is 4.49. The topological polar surface area (TPSA) is 32.7 Å². The molecule has 13 heavy (non-hydrogen) atoms. The molecule has 0 saturated heterocycles. The van der Waals surface area contributed by atoms with E-state index in [2.05, 4.69) is 21.2 Å². The molecule has 0 fully saturated rings. The van der Waals surface area contributed by atoms with Crippen molar-refractivity contribution < 1.29 is 0 Å². The maximum Gasteiger partial charge on any atom is 0.0645 e. The minimum atomic E-state index is 0.637. The van der Waals surface area contributed by atoms with Crippen molar-refractivity contribution in [3.63, 3.8) is 0 Å². The van der Waals surface area contributed by atoms with Crippen LogP contribution in [0.5, 0.6) is 0 Å². The summed E-state index contributed by atoms with van der Waals surface area (Å²) >= 11 is 3.50. The number of benzene rings is 1. The monoisotopic (exact) mass is 240 g/mol. The zero-order chi connectivity index (χ0) is 9.26. The molecule has 0 N–H and O–H groups in total. The summed E-state index contributed by atoms with van der Waals surface area (Å²) in [6.07, 6.45) is 0.891. The van der Waals surface area contributed by atoms with Crippen LogP contribution in [0, 0.1) is 4.91 Å². The van der Waals surface area contributed by atoms with Gasteiger partial charge in [-0.25, -0.2) is 0 Å². The maximum absolute atomic E-state index is 10.3. The van der Waals surface area contributed by atoms with Gasteiger partial charge in [0.1, 0.15) is 0 Å². The summed E-state index contributed by atoms with van der Waals surface area (Å²) in [6.45, 7) is 1.36. The fourth-order valence-corrected chi connectivity index (χ4v) is 2.22. The van der Waals surface area contributed by atoms with Crippen molar-refractivity contribution in [2.24, 2.45) is 5.29 Å². The fraction of sp³-hybridized carbons (Fsp3) is 0.333. The number of fused-ring (bicyclic) bond motifs is 1. The van der Waals surface area contributed by atoms with Gasteiger partial charge >= 0.3 is 0 Å². The summed E-state index contributed by atoms with van der Waals surface area (Å²) in [5.41, 5.74) is 2.50. The molecular weight excluding hydrogens is 232 g/mol. The lowest BCUT2D eigenvalue weighted by atomic mass is 10.0. The molecule has 0 atom stereocenters. The molecule has 0 aliphatic carbocycles. The highest BCUT2D eigenvalue weighted by Crippen LogP contribution is 2.26. The smallest absolute Gasteiger partial charge is 0.0645 e. The zero-order valence-electron chi connectivity index (χ0n) is 7.03. The molecule has 68 valence electrons. The molecule has 0 aromatic heterocycles. The van der Waals surface area contributed by atoms with Crippen molar-refractivity contribution in [2.75, 3.05) is 6.54 Å². The lowest BCUT2D eigenvalue weighted by molar-refractivity contribution is 0.263. The highest BCUT2D eigenvalue weighted by atomic mass is 79.9. The Labute approximate surface area is 84.8 Å². The molecular formula is C9H9BrN2O. The summed E-state index contributed by atoms with van der Waals surface area (Å²) in [5.74, 6) is 0. The SMILES string of the molecule is O=NN1CCc2c(Br)cccc2C1.